The molecule has 1 atom stereocenters. The van der Waals surface area contributed by atoms with Crippen LogP contribution in [0.25, 0.3) is 0 Å². The molecule has 9 heteroatoms. The number of likely N-dealkylation sites (tertiary alicyclic amines) is 1. The Kier molecular flexibility index (Phi) is 8.27. The zero-order valence-corrected chi connectivity index (χ0v) is 20.3. The predicted molar refractivity (Wildman–Crippen MR) is 122 cm³/mol. The van der Waals surface area contributed by atoms with Gasteiger partial charge in [0, 0.05) is 58.2 Å². The number of nitrogens with zero attached hydrogens (tertiary/aromatic N) is 3. The zero-order valence-electron chi connectivity index (χ0n) is 18.7. The zero-order chi connectivity index (χ0) is 23.5. The lowest BCUT2D eigenvalue weighted by atomic mass is 9.97. The molecular weight excluding hydrogens is 484 g/mol. The predicted octanol–water partition coefficient (Wildman–Crippen LogP) is 3.17. The van der Waals surface area contributed by atoms with E-state index in [0.717, 1.165) is 31.5 Å². The van der Waals surface area contributed by atoms with Crippen molar-refractivity contribution in [3.8, 4) is 5.75 Å². The first kappa shape index (κ1) is 25.1. The van der Waals surface area contributed by atoms with Crippen molar-refractivity contribution in [1.82, 2.24) is 14.7 Å². The number of carbonyl (C=O) groups excluding carboxylic acids is 2. The van der Waals surface area contributed by atoms with Crippen LogP contribution in [0.15, 0.2) is 22.7 Å². The van der Waals surface area contributed by atoms with Gasteiger partial charge in [0.25, 0.3) is 0 Å². The van der Waals surface area contributed by atoms with Crippen LogP contribution in [0.3, 0.4) is 0 Å². The molecule has 1 aromatic rings. The maximum atomic E-state index is 13.1. The number of piperidine rings is 1. The quantitative estimate of drug-likeness (QED) is 0.604. The van der Waals surface area contributed by atoms with E-state index in [0.29, 0.717) is 50.0 Å². The minimum atomic E-state index is -3.27. The van der Waals surface area contributed by atoms with Crippen LogP contribution in [-0.2, 0) is 16.0 Å². The molecule has 0 aromatic heterocycles. The smallest absolute Gasteiger partial charge is 0.303 e. The van der Waals surface area contributed by atoms with Gasteiger partial charge in [-0.1, -0.05) is 13.0 Å². The number of phenols is 1. The Labute approximate surface area is 196 Å². The summed E-state index contributed by atoms with van der Waals surface area (Å²) in [6.45, 7) is 6.57. The molecule has 0 bridgehead atoms. The van der Waals surface area contributed by atoms with E-state index in [1.165, 1.54) is 0 Å². The van der Waals surface area contributed by atoms with Crippen LogP contribution in [0.4, 0.5) is 8.78 Å². The lowest BCUT2D eigenvalue weighted by molar-refractivity contribution is -0.142. The molecule has 0 saturated carbocycles. The third-order valence-corrected chi connectivity index (χ3v) is 7.17. The second kappa shape index (κ2) is 10.6. The maximum Gasteiger partial charge on any atom is 0.303 e. The highest BCUT2D eigenvalue weighted by molar-refractivity contribution is 9.10. The van der Waals surface area contributed by atoms with E-state index < -0.39 is 11.7 Å². The van der Waals surface area contributed by atoms with Crippen LogP contribution in [0.5, 0.6) is 5.75 Å². The fourth-order valence-electron chi connectivity index (χ4n) is 4.51. The standard InChI is InChI=1S/C23H32BrF2N3O3/c1-16(13-17-3-4-20(30)19(24)14-17)22(32)29-7-5-18(6-8-29)28-11-9-27(10-12-28)15-21(31)23(2,25)26/h3-4,14,16,18,30H,5-13,15H2,1-2H3/t16-/m1/s1. The molecule has 3 rings (SSSR count). The molecule has 2 aliphatic rings. The summed E-state index contributed by atoms with van der Waals surface area (Å²) in [5.41, 5.74) is 1.00. The van der Waals surface area contributed by atoms with E-state index in [4.69, 9.17) is 0 Å². The molecule has 1 N–H and O–H groups in total. The van der Waals surface area contributed by atoms with Gasteiger partial charge >= 0.3 is 5.92 Å². The number of hydrogen-bond acceptors (Lipinski definition) is 5. The summed E-state index contributed by atoms with van der Waals surface area (Å²) in [7, 11) is 0. The summed E-state index contributed by atoms with van der Waals surface area (Å²) >= 11 is 3.31. The number of carbonyl (C=O) groups is 2. The average molecular weight is 516 g/mol. The number of hydrogen-bond donors (Lipinski definition) is 1. The fourth-order valence-corrected chi connectivity index (χ4v) is 4.94. The van der Waals surface area contributed by atoms with Gasteiger partial charge in [0.2, 0.25) is 11.7 Å². The van der Waals surface area contributed by atoms with Crippen LogP contribution in [0.2, 0.25) is 0 Å². The van der Waals surface area contributed by atoms with Crippen LogP contribution >= 0.6 is 15.9 Å². The Morgan fingerprint density at radius 2 is 1.78 bits per heavy atom. The molecule has 178 valence electrons. The number of alkyl halides is 2. The van der Waals surface area contributed by atoms with Gasteiger partial charge in [-0.25, -0.2) is 0 Å². The van der Waals surface area contributed by atoms with E-state index in [9.17, 15) is 23.5 Å². The number of aromatic hydroxyl groups is 1. The van der Waals surface area contributed by atoms with Gasteiger partial charge in [-0.3, -0.25) is 19.4 Å². The number of halogens is 3. The van der Waals surface area contributed by atoms with Gasteiger partial charge < -0.3 is 10.0 Å². The van der Waals surface area contributed by atoms with Gasteiger partial charge in [-0.05, 0) is 52.9 Å². The van der Waals surface area contributed by atoms with Gasteiger partial charge in [-0.15, -0.1) is 0 Å². The van der Waals surface area contributed by atoms with Crippen molar-refractivity contribution in [1.29, 1.82) is 0 Å². The second-order valence-electron chi connectivity index (χ2n) is 9.07. The number of Topliss-reactive ketones (excluding diaryl/α,β-unsaturated/α-hetero) is 1. The fraction of sp³-hybridized carbons (Fsp3) is 0.652. The van der Waals surface area contributed by atoms with Gasteiger partial charge in [0.1, 0.15) is 5.75 Å². The molecule has 1 aromatic carbocycles. The molecule has 32 heavy (non-hydrogen) atoms. The molecule has 0 unspecified atom stereocenters. The molecule has 2 saturated heterocycles. The van der Waals surface area contributed by atoms with E-state index in [2.05, 4.69) is 20.8 Å². The van der Waals surface area contributed by atoms with Crippen molar-refractivity contribution in [2.45, 2.75) is 45.1 Å². The van der Waals surface area contributed by atoms with Crippen molar-refractivity contribution in [2.75, 3.05) is 45.8 Å². The van der Waals surface area contributed by atoms with Crippen LogP contribution in [0, 0.1) is 5.92 Å². The minimum Gasteiger partial charge on any atom is -0.507 e. The number of piperazine rings is 1. The van der Waals surface area contributed by atoms with Crippen LogP contribution < -0.4 is 0 Å². The average Bonchev–Trinajstić information content (AvgIpc) is 2.76. The third-order valence-electron chi connectivity index (χ3n) is 6.53. The molecule has 0 aliphatic carbocycles. The van der Waals surface area contributed by atoms with Crippen molar-refractivity contribution >= 4 is 27.6 Å². The highest BCUT2D eigenvalue weighted by Gasteiger charge is 2.35. The maximum absolute atomic E-state index is 13.1. The van der Waals surface area contributed by atoms with Crippen molar-refractivity contribution in [3.63, 3.8) is 0 Å². The van der Waals surface area contributed by atoms with E-state index in [1.54, 1.807) is 11.0 Å². The Morgan fingerprint density at radius 3 is 2.34 bits per heavy atom. The molecule has 2 aliphatic heterocycles. The molecule has 0 spiro atoms. The van der Waals surface area contributed by atoms with Crippen molar-refractivity contribution in [3.05, 3.63) is 28.2 Å². The molecule has 2 heterocycles. The Morgan fingerprint density at radius 1 is 1.16 bits per heavy atom. The number of benzene rings is 1. The molecule has 1 amide bonds. The first-order chi connectivity index (χ1) is 15.0. The highest BCUT2D eigenvalue weighted by atomic mass is 79.9. The van der Waals surface area contributed by atoms with E-state index >= 15 is 0 Å². The van der Waals surface area contributed by atoms with Gasteiger partial charge in [-0.2, -0.15) is 8.78 Å². The van der Waals surface area contributed by atoms with Crippen LogP contribution in [0.1, 0.15) is 32.3 Å². The topological polar surface area (TPSA) is 64.1 Å². The lowest BCUT2D eigenvalue weighted by Crippen LogP contribution is -2.55. The summed E-state index contributed by atoms with van der Waals surface area (Å²) in [6, 6.07) is 5.70. The Balaban J connectivity index is 1.42. The number of rotatable bonds is 7. The molecular formula is C23H32BrF2N3O3. The molecule has 0 radical (unpaired) electrons. The second-order valence-corrected chi connectivity index (χ2v) is 9.93. The number of phenolic OH excluding ortho intramolecular Hbond substituents is 1. The van der Waals surface area contributed by atoms with Gasteiger partial charge in [0.15, 0.2) is 0 Å². The Hall–Kier alpha value is -1.58. The SMILES string of the molecule is C[C@H](Cc1ccc(O)c(Br)c1)C(=O)N1CCC(N2CCN(CC(=O)C(C)(F)F)CC2)CC1. The minimum absolute atomic E-state index is 0.138. The van der Waals surface area contributed by atoms with E-state index in [-0.39, 0.29) is 24.1 Å². The Bertz CT molecular complexity index is 817. The third kappa shape index (κ3) is 6.48. The normalized spacial score (nSPS) is 20.3. The summed E-state index contributed by atoms with van der Waals surface area (Å²) in [5.74, 6) is -4.10. The lowest BCUT2D eigenvalue weighted by Gasteiger charge is -2.43. The summed E-state index contributed by atoms with van der Waals surface area (Å²) in [6.07, 6.45) is 2.42. The monoisotopic (exact) mass is 515 g/mol. The first-order valence-corrected chi connectivity index (χ1v) is 12.0. The van der Waals surface area contributed by atoms with Crippen LogP contribution in [-0.4, -0.2) is 89.3 Å². The molecule has 2 fully saturated rings. The largest absolute Gasteiger partial charge is 0.507 e. The summed E-state index contributed by atoms with van der Waals surface area (Å²) < 4.78 is 26.9. The van der Waals surface area contributed by atoms with E-state index in [1.807, 2.05) is 24.0 Å². The van der Waals surface area contributed by atoms with Crippen molar-refractivity contribution < 1.29 is 23.5 Å². The summed E-state index contributed by atoms with van der Waals surface area (Å²) in [4.78, 5) is 30.6. The summed E-state index contributed by atoms with van der Waals surface area (Å²) in [5, 5.41) is 9.63. The number of ketones is 1. The van der Waals surface area contributed by atoms with Crippen molar-refractivity contribution in [2.24, 2.45) is 5.92 Å². The number of amides is 1. The first-order valence-electron chi connectivity index (χ1n) is 11.2. The molecule has 6 nitrogen and oxygen atoms in total. The highest BCUT2D eigenvalue weighted by Crippen LogP contribution is 2.26. The van der Waals surface area contributed by atoms with Gasteiger partial charge in [0.05, 0.1) is 11.0 Å².